The molecule has 0 amide bonds. The lowest BCUT2D eigenvalue weighted by molar-refractivity contribution is 0.162. The van der Waals surface area contributed by atoms with Crippen LogP contribution in [0, 0.1) is 12.7 Å². The van der Waals surface area contributed by atoms with Gasteiger partial charge in [-0.15, -0.1) is 0 Å². The van der Waals surface area contributed by atoms with Crippen LogP contribution in [-0.4, -0.2) is 46.8 Å². The topological polar surface area (TPSA) is 56.7 Å². The van der Waals surface area contributed by atoms with E-state index < -0.39 is 5.82 Å². The first-order chi connectivity index (χ1) is 13.0. The first-order valence-electron chi connectivity index (χ1n) is 8.98. The first kappa shape index (κ1) is 18.4. The van der Waals surface area contributed by atoms with Crippen molar-refractivity contribution < 1.29 is 18.6 Å². The summed E-state index contributed by atoms with van der Waals surface area (Å²) < 4.78 is 31.9. The van der Waals surface area contributed by atoms with Crippen molar-refractivity contribution in [2.75, 3.05) is 19.8 Å². The highest BCUT2D eigenvalue weighted by Gasteiger charge is 2.31. The van der Waals surface area contributed by atoms with E-state index in [1.807, 2.05) is 12.1 Å². The molecule has 0 aromatic carbocycles. The van der Waals surface area contributed by atoms with Crippen LogP contribution in [0.25, 0.3) is 0 Å². The van der Waals surface area contributed by atoms with Gasteiger partial charge in [-0.05, 0) is 41.9 Å². The Morgan fingerprint density at radius 3 is 2.96 bits per heavy atom. The summed E-state index contributed by atoms with van der Waals surface area (Å²) in [5.41, 5.74) is 1.24. The van der Waals surface area contributed by atoms with E-state index in [0.717, 1.165) is 12.1 Å². The largest absolute Gasteiger partial charge is 0.486 e. The summed E-state index contributed by atoms with van der Waals surface area (Å²) in [6.45, 7) is 6.23. The second-order valence-electron chi connectivity index (χ2n) is 6.90. The van der Waals surface area contributed by atoms with Crippen LogP contribution in [0.3, 0.4) is 0 Å². The molecule has 0 radical (unpaired) electrons. The summed E-state index contributed by atoms with van der Waals surface area (Å²) in [7, 11) is 0. The Labute approximate surface area is 165 Å². The highest BCUT2D eigenvalue weighted by atomic mass is 79.9. The maximum Gasteiger partial charge on any atom is 0.257 e. The molecule has 4 rings (SSSR count). The number of nitrogens with zero attached hydrogens (tertiary/aromatic N) is 3. The van der Waals surface area contributed by atoms with Gasteiger partial charge < -0.3 is 14.2 Å². The summed E-state index contributed by atoms with van der Waals surface area (Å²) in [4.78, 5) is 10.9. The van der Waals surface area contributed by atoms with Crippen LogP contribution in [-0.2, 0) is 6.54 Å². The van der Waals surface area contributed by atoms with E-state index >= 15 is 0 Å². The van der Waals surface area contributed by atoms with Crippen molar-refractivity contribution in [3.8, 4) is 17.4 Å². The van der Waals surface area contributed by atoms with Crippen LogP contribution in [0.5, 0.6) is 17.4 Å². The lowest BCUT2D eigenvalue weighted by Crippen LogP contribution is -2.28. The monoisotopic (exact) mass is 437 g/mol. The molecule has 2 aromatic rings. The number of pyridine rings is 2. The highest BCUT2D eigenvalue weighted by Crippen LogP contribution is 2.30. The van der Waals surface area contributed by atoms with Crippen LogP contribution >= 0.6 is 15.9 Å². The van der Waals surface area contributed by atoms with Gasteiger partial charge in [-0.1, -0.05) is 0 Å². The van der Waals surface area contributed by atoms with Gasteiger partial charge in [0.05, 0.1) is 11.4 Å². The first-order valence-corrected chi connectivity index (χ1v) is 9.78. The third-order valence-corrected chi connectivity index (χ3v) is 5.25. The molecule has 6 nitrogen and oxygen atoms in total. The number of aromatic nitrogens is 2. The van der Waals surface area contributed by atoms with Crippen LogP contribution in [0.15, 0.2) is 22.8 Å². The van der Waals surface area contributed by atoms with Crippen LogP contribution < -0.4 is 14.2 Å². The number of rotatable bonds is 4. The van der Waals surface area contributed by atoms with Crippen molar-refractivity contribution in [2.24, 2.45) is 0 Å². The summed E-state index contributed by atoms with van der Waals surface area (Å²) in [5.74, 6) is 1.08. The fraction of sp³-hybridized carbons (Fsp3) is 0.474. The molecular weight excluding hydrogens is 417 g/mol. The Bertz CT molecular complexity index is 851. The molecule has 0 bridgehead atoms. The van der Waals surface area contributed by atoms with Crippen molar-refractivity contribution in [3.63, 3.8) is 0 Å². The minimum absolute atomic E-state index is 0.0830. The fourth-order valence-electron chi connectivity index (χ4n) is 3.47. The summed E-state index contributed by atoms with van der Waals surface area (Å²) in [5, 5.41) is 0. The van der Waals surface area contributed by atoms with Crippen molar-refractivity contribution in [2.45, 2.75) is 39.0 Å². The summed E-state index contributed by atoms with van der Waals surface area (Å²) >= 11 is 3.30. The minimum atomic E-state index is -0.405. The molecule has 8 heteroatoms. The van der Waals surface area contributed by atoms with Gasteiger partial charge in [0.25, 0.3) is 5.88 Å². The summed E-state index contributed by atoms with van der Waals surface area (Å²) in [6, 6.07) is 5.74. The third-order valence-electron chi connectivity index (χ3n) is 4.85. The second kappa shape index (κ2) is 7.59. The molecule has 144 valence electrons. The molecule has 1 saturated heterocycles. The molecule has 0 unspecified atom stereocenters. The smallest absolute Gasteiger partial charge is 0.257 e. The molecule has 0 saturated carbocycles. The average molecular weight is 438 g/mol. The van der Waals surface area contributed by atoms with Crippen molar-refractivity contribution in [1.82, 2.24) is 14.9 Å². The predicted octanol–water partition coefficient (Wildman–Crippen LogP) is 3.50. The number of hydrogen-bond donors (Lipinski definition) is 0. The van der Waals surface area contributed by atoms with E-state index in [1.54, 1.807) is 13.0 Å². The predicted molar refractivity (Wildman–Crippen MR) is 101 cm³/mol. The van der Waals surface area contributed by atoms with Gasteiger partial charge in [-0.3, -0.25) is 4.90 Å². The average Bonchev–Trinajstić information content (AvgIpc) is 2.98. The number of aryl methyl sites for hydroxylation is 1. The van der Waals surface area contributed by atoms with Gasteiger partial charge >= 0.3 is 0 Å². The zero-order valence-electron chi connectivity index (χ0n) is 15.2. The highest BCUT2D eigenvalue weighted by molar-refractivity contribution is 9.10. The summed E-state index contributed by atoms with van der Waals surface area (Å²) in [6.07, 6.45) is 0.739. The number of likely N-dealkylation sites (tertiary alicyclic amines) is 1. The second-order valence-corrected chi connectivity index (χ2v) is 7.71. The molecule has 0 aliphatic carbocycles. The lowest BCUT2D eigenvalue weighted by Gasteiger charge is -2.22. The van der Waals surface area contributed by atoms with Crippen molar-refractivity contribution in [1.29, 1.82) is 0 Å². The van der Waals surface area contributed by atoms with Gasteiger partial charge in [-0.2, -0.15) is 0 Å². The molecule has 4 heterocycles. The molecule has 2 atom stereocenters. The lowest BCUT2D eigenvalue weighted by atomic mass is 10.2. The maximum absolute atomic E-state index is 14.3. The molecule has 0 N–H and O–H groups in total. The van der Waals surface area contributed by atoms with Crippen LogP contribution in [0.4, 0.5) is 4.39 Å². The van der Waals surface area contributed by atoms with Gasteiger partial charge in [0.15, 0.2) is 17.3 Å². The Kier molecular flexibility index (Phi) is 5.19. The quantitative estimate of drug-likeness (QED) is 0.682. The molecule has 0 spiro atoms. The molecule has 2 aliphatic heterocycles. The Balaban J connectivity index is 1.43. The van der Waals surface area contributed by atoms with Gasteiger partial charge in [0.1, 0.15) is 23.9 Å². The van der Waals surface area contributed by atoms with Gasteiger partial charge in [0.2, 0.25) is 0 Å². The molecule has 27 heavy (non-hydrogen) atoms. The van der Waals surface area contributed by atoms with E-state index in [1.165, 1.54) is 0 Å². The van der Waals surface area contributed by atoms with Gasteiger partial charge in [-0.25, -0.2) is 14.4 Å². The normalized spacial score (nSPS) is 22.1. The van der Waals surface area contributed by atoms with E-state index in [9.17, 15) is 4.39 Å². The number of hydrogen-bond acceptors (Lipinski definition) is 6. The van der Waals surface area contributed by atoms with Gasteiger partial charge in [0, 0.05) is 31.6 Å². The standard InChI is InChI=1S/C19H21BrFN3O3/c1-11-7-14(27-16-8-17(20)22-12(2)18(16)21)10-24(11)9-13-3-4-15-19(23-13)26-6-5-25-15/h3-4,8,11,14H,5-7,9-10H2,1-2H3/t11-,14+/m0/s1. The van der Waals surface area contributed by atoms with E-state index in [4.69, 9.17) is 14.2 Å². The van der Waals surface area contributed by atoms with E-state index in [0.29, 0.717) is 54.3 Å². The zero-order chi connectivity index (χ0) is 19.0. The third kappa shape index (κ3) is 4.01. The molecular formula is C19H21BrFN3O3. The molecule has 2 aliphatic rings. The van der Waals surface area contributed by atoms with Crippen LogP contribution in [0.2, 0.25) is 0 Å². The number of fused-ring (bicyclic) bond motifs is 1. The Morgan fingerprint density at radius 2 is 2.11 bits per heavy atom. The maximum atomic E-state index is 14.3. The molecule has 1 fully saturated rings. The van der Waals surface area contributed by atoms with Crippen molar-refractivity contribution in [3.05, 3.63) is 40.0 Å². The Morgan fingerprint density at radius 1 is 1.30 bits per heavy atom. The zero-order valence-corrected chi connectivity index (χ0v) is 16.8. The van der Waals surface area contributed by atoms with Crippen LogP contribution in [0.1, 0.15) is 24.7 Å². The fourth-order valence-corrected chi connectivity index (χ4v) is 3.95. The number of ether oxygens (including phenoxy) is 3. The Hall–Kier alpha value is -1.93. The molecule has 2 aromatic heterocycles. The van der Waals surface area contributed by atoms with Crippen molar-refractivity contribution >= 4 is 15.9 Å². The van der Waals surface area contributed by atoms with E-state index in [-0.39, 0.29) is 11.9 Å². The SMILES string of the molecule is Cc1nc(Br)cc(O[C@@H]2C[C@H](C)N(Cc3ccc4c(n3)OCCO4)C2)c1F. The van der Waals surface area contributed by atoms with E-state index in [2.05, 4.69) is 37.7 Å². The number of halogens is 2. The minimum Gasteiger partial charge on any atom is -0.486 e.